The van der Waals surface area contributed by atoms with Crippen molar-refractivity contribution in [2.45, 2.75) is 12.8 Å². The zero-order valence-corrected chi connectivity index (χ0v) is 9.86. The molecule has 92 valence electrons. The van der Waals surface area contributed by atoms with Gasteiger partial charge in [-0.2, -0.15) is 0 Å². The first-order chi connectivity index (χ1) is 8.29. The highest BCUT2D eigenvalue weighted by molar-refractivity contribution is 5.80. The van der Waals surface area contributed by atoms with Gasteiger partial charge in [0.05, 0.1) is 12.4 Å². The number of hydrogen-bond donors (Lipinski definition) is 3. The summed E-state index contributed by atoms with van der Waals surface area (Å²) in [5.41, 5.74) is 0. The predicted octanol–water partition coefficient (Wildman–Crippen LogP) is 0.456. The third kappa shape index (κ3) is 3.58. The number of nitrogens with zero attached hydrogens (tertiary/aromatic N) is 2. The average Bonchev–Trinajstić information content (AvgIpc) is 3.19. The first-order valence-electron chi connectivity index (χ1n) is 5.81. The Morgan fingerprint density at radius 3 is 2.82 bits per heavy atom. The Balaban J connectivity index is 1.68. The Morgan fingerprint density at radius 2 is 2.12 bits per heavy atom. The van der Waals surface area contributed by atoms with Gasteiger partial charge in [-0.25, -0.2) is 4.98 Å². The Bertz CT molecular complexity index is 391. The average molecular weight is 235 g/mol. The smallest absolute Gasteiger partial charge is 0.223 e. The molecule has 1 aliphatic carbocycles. The zero-order chi connectivity index (χ0) is 12.1. The highest BCUT2D eigenvalue weighted by Crippen LogP contribution is 2.28. The van der Waals surface area contributed by atoms with Crippen LogP contribution < -0.4 is 16.0 Å². The number of carbonyl (C=O) groups is 1. The molecule has 0 spiro atoms. The molecule has 1 aromatic heterocycles. The Kier molecular flexibility index (Phi) is 3.74. The molecule has 1 saturated carbocycles. The van der Waals surface area contributed by atoms with Gasteiger partial charge in [-0.1, -0.05) is 0 Å². The van der Waals surface area contributed by atoms with Gasteiger partial charge in [-0.15, -0.1) is 0 Å². The predicted molar refractivity (Wildman–Crippen MR) is 65.8 cm³/mol. The first-order valence-corrected chi connectivity index (χ1v) is 5.81. The monoisotopic (exact) mass is 235 g/mol. The largest absolute Gasteiger partial charge is 0.372 e. The zero-order valence-electron chi connectivity index (χ0n) is 9.86. The van der Waals surface area contributed by atoms with E-state index in [4.69, 9.17) is 0 Å². The lowest BCUT2D eigenvalue weighted by molar-refractivity contribution is -0.122. The van der Waals surface area contributed by atoms with Crippen LogP contribution in [0.2, 0.25) is 0 Å². The van der Waals surface area contributed by atoms with Crippen molar-refractivity contribution < 1.29 is 4.79 Å². The van der Waals surface area contributed by atoms with E-state index in [1.54, 1.807) is 19.4 Å². The van der Waals surface area contributed by atoms with Crippen LogP contribution in [0.3, 0.4) is 0 Å². The molecule has 1 aliphatic rings. The summed E-state index contributed by atoms with van der Waals surface area (Å²) in [6.07, 6.45) is 5.38. The van der Waals surface area contributed by atoms with Gasteiger partial charge in [0.1, 0.15) is 11.6 Å². The summed E-state index contributed by atoms with van der Waals surface area (Å²) in [4.78, 5) is 19.6. The van der Waals surface area contributed by atoms with Gasteiger partial charge >= 0.3 is 0 Å². The third-order valence-corrected chi connectivity index (χ3v) is 2.57. The number of amides is 1. The van der Waals surface area contributed by atoms with Crippen LogP contribution in [0.4, 0.5) is 11.6 Å². The summed E-state index contributed by atoms with van der Waals surface area (Å²) in [7, 11) is 1.80. The molecule has 0 aromatic carbocycles. The number of carbonyl (C=O) groups excluding carboxylic acids is 1. The maximum absolute atomic E-state index is 11.3. The molecule has 0 bridgehead atoms. The highest BCUT2D eigenvalue weighted by atomic mass is 16.2. The lowest BCUT2D eigenvalue weighted by atomic mass is 10.4. The fourth-order valence-corrected chi connectivity index (χ4v) is 1.44. The minimum Gasteiger partial charge on any atom is -0.372 e. The summed E-state index contributed by atoms with van der Waals surface area (Å²) >= 11 is 0. The molecule has 0 atom stereocenters. The fourth-order valence-electron chi connectivity index (χ4n) is 1.44. The number of aromatic nitrogens is 2. The molecule has 1 heterocycles. The van der Waals surface area contributed by atoms with Crippen LogP contribution in [0, 0.1) is 5.92 Å². The van der Waals surface area contributed by atoms with Gasteiger partial charge in [0, 0.05) is 26.1 Å². The molecule has 0 unspecified atom stereocenters. The highest BCUT2D eigenvalue weighted by Gasteiger charge is 2.28. The van der Waals surface area contributed by atoms with Gasteiger partial charge in [-0.3, -0.25) is 9.78 Å². The van der Waals surface area contributed by atoms with E-state index in [0.717, 1.165) is 18.7 Å². The standard InChI is InChI=1S/C11H17N5O/c1-12-9-6-13-7-10(16-9)14-4-5-15-11(17)8-2-3-8/h6-8H,2-5H2,1H3,(H,15,17)(H2,12,14,16). The molecule has 1 amide bonds. The Hall–Kier alpha value is -1.85. The molecule has 1 aromatic rings. The lowest BCUT2D eigenvalue weighted by Gasteiger charge is -2.07. The SMILES string of the molecule is CNc1cncc(NCCNC(=O)C2CC2)n1. The number of anilines is 2. The maximum atomic E-state index is 11.3. The van der Waals surface area contributed by atoms with Crippen molar-refractivity contribution in [3.05, 3.63) is 12.4 Å². The van der Waals surface area contributed by atoms with Crippen molar-refractivity contribution in [1.29, 1.82) is 0 Å². The summed E-state index contributed by atoms with van der Waals surface area (Å²) in [5, 5.41) is 8.90. The lowest BCUT2D eigenvalue weighted by Crippen LogP contribution is -2.29. The van der Waals surface area contributed by atoms with Crippen molar-refractivity contribution in [3.8, 4) is 0 Å². The quantitative estimate of drug-likeness (QED) is 0.624. The van der Waals surface area contributed by atoms with E-state index in [0.29, 0.717) is 18.9 Å². The summed E-state index contributed by atoms with van der Waals surface area (Å²) in [6, 6.07) is 0. The van der Waals surface area contributed by atoms with Crippen molar-refractivity contribution in [2.24, 2.45) is 5.92 Å². The van der Waals surface area contributed by atoms with Crippen molar-refractivity contribution in [1.82, 2.24) is 15.3 Å². The second-order valence-corrected chi connectivity index (χ2v) is 4.03. The molecule has 0 radical (unpaired) electrons. The molecule has 17 heavy (non-hydrogen) atoms. The molecular formula is C11H17N5O. The summed E-state index contributed by atoms with van der Waals surface area (Å²) in [5.74, 6) is 1.86. The molecule has 2 rings (SSSR count). The summed E-state index contributed by atoms with van der Waals surface area (Å²) in [6.45, 7) is 1.26. The van der Waals surface area contributed by atoms with E-state index in [2.05, 4.69) is 25.9 Å². The van der Waals surface area contributed by atoms with Crippen molar-refractivity contribution in [2.75, 3.05) is 30.8 Å². The fraction of sp³-hybridized carbons (Fsp3) is 0.545. The molecule has 6 nitrogen and oxygen atoms in total. The molecule has 3 N–H and O–H groups in total. The normalized spacial score (nSPS) is 14.2. The molecule has 6 heteroatoms. The van der Waals surface area contributed by atoms with E-state index in [9.17, 15) is 4.79 Å². The number of hydrogen-bond acceptors (Lipinski definition) is 5. The van der Waals surface area contributed by atoms with E-state index < -0.39 is 0 Å². The third-order valence-electron chi connectivity index (χ3n) is 2.57. The maximum Gasteiger partial charge on any atom is 0.223 e. The van der Waals surface area contributed by atoms with Crippen molar-refractivity contribution >= 4 is 17.5 Å². The number of nitrogens with one attached hydrogen (secondary N) is 3. The second kappa shape index (κ2) is 5.47. The van der Waals surface area contributed by atoms with Gasteiger partial charge in [0.25, 0.3) is 0 Å². The van der Waals surface area contributed by atoms with Crippen LogP contribution in [0.1, 0.15) is 12.8 Å². The number of rotatable bonds is 6. The molecular weight excluding hydrogens is 218 g/mol. The molecule has 1 fully saturated rings. The first kappa shape index (κ1) is 11.6. The topological polar surface area (TPSA) is 78.9 Å². The van der Waals surface area contributed by atoms with E-state index in [1.807, 2.05) is 0 Å². The van der Waals surface area contributed by atoms with Crippen LogP contribution >= 0.6 is 0 Å². The minimum absolute atomic E-state index is 0.168. The Labute approximate surface area is 100 Å². The molecule has 0 aliphatic heterocycles. The van der Waals surface area contributed by atoms with Crippen LogP contribution in [-0.4, -0.2) is 36.0 Å². The van der Waals surface area contributed by atoms with Gasteiger partial charge in [-0.05, 0) is 12.8 Å². The van der Waals surface area contributed by atoms with Gasteiger partial charge < -0.3 is 16.0 Å². The van der Waals surface area contributed by atoms with Crippen LogP contribution in [0.15, 0.2) is 12.4 Å². The minimum atomic E-state index is 0.168. The van der Waals surface area contributed by atoms with Gasteiger partial charge in [0.2, 0.25) is 5.91 Å². The van der Waals surface area contributed by atoms with Crippen LogP contribution in [0.5, 0.6) is 0 Å². The summed E-state index contributed by atoms with van der Waals surface area (Å²) < 4.78 is 0. The Morgan fingerprint density at radius 1 is 1.35 bits per heavy atom. The van der Waals surface area contributed by atoms with E-state index in [-0.39, 0.29) is 11.8 Å². The van der Waals surface area contributed by atoms with E-state index >= 15 is 0 Å². The second-order valence-electron chi connectivity index (χ2n) is 4.03. The van der Waals surface area contributed by atoms with Crippen LogP contribution in [0.25, 0.3) is 0 Å². The van der Waals surface area contributed by atoms with E-state index in [1.165, 1.54) is 0 Å². The van der Waals surface area contributed by atoms with Crippen LogP contribution in [-0.2, 0) is 4.79 Å². The molecule has 0 saturated heterocycles. The van der Waals surface area contributed by atoms with Gasteiger partial charge in [0.15, 0.2) is 0 Å². The van der Waals surface area contributed by atoms with Crippen molar-refractivity contribution in [3.63, 3.8) is 0 Å².